The lowest BCUT2D eigenvalue weighted by atomic mass is 9.98. The van der Waals surface area contributed by atoms with Crippen molar-refractivity contribution in [3.8, 4) is 6.01 Å². The first-order valence-electron chi connectivity index (χ1n) is 7.40. The second kappa shape index (κ2) is 6.24. The third-order valence-electron chi connectivity index (χ3n) is 4.21. The minimum Gasteiger partial charge on any atom is -0.468 e. The molecule has 1 saturated heterocycles. The van der Waals surface area contributed by atoms with E-state index in [9.17, 15) is 25.2 Å². The number of anilines is 1. The molecule has 3 heterocycles. The molecular weight excluding hydrogens is 338 g/mol. The number of rotatable bonds is 3. The van der Waals surface area contributed by atoms with Gasteiger partial charge in [0.25, 0.3) is 5.56 Å². The molecule has 0 aromatic carbocycles. The summed E-state index contributed by atoms with van der Waals surface area (Å²) in [6.45, 7) is -0.605. The van der Waals surface area contributed by atoms with E-state index in [1.165, 1.54) is 14.2 Å². The number of methoxy groups -OCH3 is 1. The van der Waals surface area contributed by atoms with E-state index in [0.29, 0.717) is 0 Å². The van der Waals surface area contributed by atoms with Crippen LogP contribution in [-0.2, 0) is 11.8 Å². The van der Waals surface area contributed by atoms with Crippen LogP contribution in [0.15, 0.2) is 4.79 Å². The summed E-state index contributed by atoms with van der Waals surface area (Å²) in [5.74, 6) is -0.197. The van der Waals surface area contributed by atoms with Crippen LogP contribution in [-0.4, -0.2) is 77.7 Å². The van der Waals surface area contributed by atoms with Gasteiger partial charge in [-0.3, -0.25) is 13.9 Å². The van der Waals surface area contributed by atoms with Gasteiger partial charge in [0.1, 0.15) is 24.4 Å². The molecule has 0 spiro atoms. The first-order valence-corrected chi connectivity index (χ1v) is 7.40. The average Bonchev–Trinajstić information content (AvgIpc) is 2.92. The molecule has 1 fully saturated rings. The predicted octanol–water partition coefficient (Wildman–Crippen LogP) is -3.31. The lowest BCUT2D eigenvalue weighted by molar-refractivity contribution is -0.250. The number of nitrogens with zero attached hydrogens (tertiary/aromatic N) is 4. The van der Waals surface area contributed by atoms with Crippen LogP contribution in [0.5, 0.6) is 6.01 Å². The second-order valence-corrected chi connectivity index (χ2v) is 5.69. The summed E-state index contributed by atoms with van der Waals surface area (Å²) in [6, 6.07) is -0.0248. The fourth-order valence-electron chi connectivity index (χ4n) is 2.83. The third-order valence-corrected chi connectivity index (χ3v) is 4.21. The summed E-state index contributed by atoms with van der Waals surface area (Å²) in [4.78, 5) is 20.4. The topological polar surface area (TPSA) is 178 Å². The molecule has 2 aromatic rings. The number of ether oxygens (including phenoxy) is 2. The molecule has 6 N–H and O–H groups in total. The first-order chi connectivity index (χ1) is 11.8. The molecule has 2 aromatic heterocycles. The highest BCUT2D eigenvalue weighted by Crippen LogP contribution is 2.32. The molecule has 0 bridgehead atoms. The molecule has 138 valence electrons. The van der Waals surface area contributed by atoms with Gasteiger partial charge in [-0.25, -0.2) is 4.98 Å². The van der Waals surface area contributed by atoms with Gasteiger partial charge >= 0.3 is 6.01 Å². The van der Waals surface area contributed by atoms with E-state index in [2.05, 4.69) is 9.97 Å². The number of aliphatic hydroxyl groups is 4. The van der Waals surface area contributed by atoms with Crippen molar-refractivity contribution >= 4 is 17.1 Å². The maximum Gasteiger partial charge on any atom is 0.300 e. The van der Waals surface area contributed by atoms with Crippen LogP contribution in [0.1, 0.15) is 6.23 Å². The number of aliphatic hydroxyl groups excluding tert-OH is 4. The zero-order valence-electron chi connectivity index (χ0n) is 13.5. The van der Waals surface area contributed by atoms with E-state index < -0.39 is 42.8 Å². The first kappa shape index (κ1) is 17.6. The van der Waals surface area contributed by atoms with Crippen LogP contribution in [0, 0.1) is 0 Å². The maximum absolute atomic E-state index is 12.4. The Hall–Kier alpha value is -2.25. The van der Waals surface area contributed by atoms with Crippen molar-refractivity contribution in [3.63, 3.8) is 0 Å². The highest BCUT2D eigenvalue weighted by atomic mass is 16.6. The van der Waals surface area contributed by atoms with Crippen LogP contribution >= 0.6 is 0 Å². The Morgan fingerprint density at radius 3 is 2.52 bits per heavy atom. The minimum absolute atomic E-state index is 0.0248. The molecule has 12 nitrogen and oxygen atoms in total. The summed E-state index contributed by atoms with van der Waals surface area (Å²) in [5.41, 5.74) is 5.21. The molecular formula is C13H19N5O7. The Morgan fingerprint density at radius 1 is 1.24 bits per heavy atom. The fourth-order valence-corrected chi connectivity index (χ4v) is 2.83. The van der Waals surface area contributed by atoms with Crippen LogP contribution in [0.25, 0.3) is 11.2 Å². The number of nitrogens with two attached hydrogens (primary N) is 1. The van der Waals surface area contributed by atoms with Crippen LogP contribution in [0.2, 0.25) is 0 Å². The zero-order valence-corrected chi connectivity index (χ0v) is 13.5. The van der Waals surface area contributed by atoms with Gasteiger partial charge in [-0.2, -0.15) is 4.98 Å². The van der Waals surface area contributed by atoms with E-state index in [1.807, 2.05) is 0 Å². The van der Waals surface area contributed by atoms with Crippen LogP contribution in [0.4, 0.5) is 5.95 Å². The number of hydrogen-bond acceptors (Lipinski definition) is 10. The summed E-state index contributed by atoms with van der Waals surface area (Å²) < 4.78 is 12.7. The molecule has 3 rings (SSSR count). The highest BCUT2D eigenvalue weighted by molar-refractivity contribution is 5.73. The third kappa shape index (κ3) is 2.54. The molecule has 0 amide bonds. The number of nitrogen functional groups attached to an aromatic ring is 1. The Kier molecular flexibility index (Phi) is 4.38. The maximum atomic E-state index is 12.4. The number of hydrogen-bond donors (Lipinski definition) is 5. The standard InChI is InChI=1S/C13H19N5O7/c1-17-10(23)5-9(16-13(17)24-2)18(12(14)15-5)11-8(22)7(21)6(20)4(3-19)25-11/h4,6-8,11,19-22H,3H2,1-2H3,(H2,14,15)/t4-,6+,7+,8+,11+/m0/s1. The summed E-state index contributed by atoms with van der Waals surface area (Å²) in [7, 11) is 2.77. The Balaban J connectivity index is 2.19. The lowest BCUT2D eigenvalue weighted by Crippen LogP contribution is -2.56. The summed E-state index contributed by atoms with van der Waals surface area (Å²) >= 11 is 0. The van der Waals surface area contributed by atoms with Crippen molar-refractivity contribution in [3.05, 3.63) is 10.4 Å². The van der Waals surface area contributed by atoms with E-state index in [4.69, 9.17) is 15.2 Å². The van der Waals surface area contributed by atoms with Gasteiger partial charge < -0.3 is 35.6 Å². The van der Waals surface area contributed by atoms with Crippen molar-refractivity contribution < 1.29 is 29.9 Å². The molecule has 1 aliphatic rings. The molecule has 25 heavy (non-hydrogen) atoms. The van der Waals surface area contributed by atoms with Crippen molar-refractivity contribution in [2.24, 2.45) is 7.05 Å². The molecule has 0 radical (unpaired) electrons. The zero-order chi connectivity index (χ0) is 18.5. The largest absolute Gasteiger partial charge is 0.468 e. The van der Waals surface area contributed by atoms with Crippen LogP contribution < -0.4 is 16.0 Å². The van der Waals surface area contributed by atoms with Crippen molar-refractivity contribution in [1.82, 2.24) is 19.1 Å². The number of aromatic nitrogens is 4. The van der Waals surface area contributed by atoms with Gasteiger partial charge in [0.15, 0.2) is 17.4 Å². The van der Waals surface area contributed by atoms with Crippen molar-refractivity contribution in [2.75, 3.05) is 19.5 Å². The van der Waals surface area contributed by atoms with Crippen LogP contribution in [0.3, 0.4) is 0 Å². The Bertz CT molecular complexity index is 847. The molecule has 5 atom stereocenters. The van der Waals surface area contributed by atoms with E-state index in [-0.39, 0.29) is 23.1 Å². The second-order valence-electron chi connectivity index (χ2n) is 5.69. The fraction of sp³-hybridized carbons (Fsp3) is 0.615. The number of fused-ring (bicyclic) bond motifs is 1. The normalized spacial score (nSPS) is 29.9. The van der Waals surface area contributed by atoms with Crippen molar-refractivity contribution in [1.29, 1.82) is 0 Å². The number of imidazole rings is 1. The SMILES string of the molecule is COc1nc2c(nc(N)n2[C@@H]2O[C@@H](CO)[C@@H](O)[C@@H](O)[C@H]2O)c(=O)n1C. The van der Waals surface area contributed by atoms with E-state index in [0.717, 1.165) is 9.13 Å². The van der Waals surface area contributed by atoms with Gasteiger partial charge in [-0.15, -0.1) is 0 Å². The Morgan fingerprint density at radius 2 is 1.92 bits per heavy atom. The molecule has 0 saturated carbocycles. The summed E-state index contributed by atoms with van der Waals surface area (Å²) in [5, 5.41) is 39.4. The van der Waals surface area contributed by atoms with Gasteiger partial charge in [-0.1, -0.05) is 0 Å². The van der Waals surface area contributed by atoms with E-state index >= 15 is 0 Å². The molecule has 0 unspecified atom stereocenters. The van der Waals surface area contributed by atoms with Gasteiger partial charge in [0.05, 0.1) is 13.7 Å². The quantitative estimate of drug-likeness (QED) is 0.373. The van der Waals surface area contributed by atoms with E-state index in [1.54, 1.807) is 0 Å². The predicted molar refractivity (Wildman–Crippen MR) is 82.7 cm³/mol. The van der Waals surface area contributed by atoms with Crippen molar-refractivity contribution in [2.45, 2.75) is 30.6 Å². The minimum atomic E-state index is -1.61. The Labute approximate surface area is 140 Å². The van der Waals surface area contributed by atoms with Gasteiger partial charge in [-0.05, 0) is 0 Å². The molecule has 1 aliphatic heterocycles. The van der Waals surface area contributed by atoms with Gasteiger partial charge in [0, 0.05) is 7.05 Å². The smallest absolute Gasteiger partial charge is 0.300 e. The van der Waals surface area contributed by atoms with Gasteiger partial charge in [0.2, 0.25) is 5.95 Å². The molecule has 12 heteroatoms. The highest BCUT2D eigenvalue weighted by Gasteiger charge is 2.45. The lowest BCUT2D eigenvalue weighted by Gasteiger charge is -2.40. The monoisotopic (exact) mass is 357 g/mol. The summed E-state index contributed by atoms with van der Waals surface area (Å²) in [6.07, 6.45) is -7.21. The average molecular weight is 357 g/mol. The molecule has 0 aliphatic carbocycles.